The molecule has 0 saturated heterocycles. The number of carbonyl (C=O) groups excluding carboxylic acids is 1. The minimum absolute atomic E-state index is 0.363. The highest BCUT2D eigenvalue weighted by Crippen LogP contribution is 2.18. The molecular formula is C35H69NO4. The maximum Gasteiger partial charge on any atom is 0.249 e. The number of rotatable bonds is 30. The standard InChI is InChI=1S/C35H69NO4/c1-4-6-8-10-12-13-14-15-16-18-20-24-29-34(39)35(40)36-32(30-37)33(38)28-25-21-23-27-31(3)26-22-19-17-11-9-7-5-2/h25,28,31-34,37-39H,4-24,26-27,29-30H2,1-3H3,(H,36,40)/b28-25+/t31?,32-,33+,34?/m0/s1. The van der Waals surface area contributed by atoms with Crippen molar-refractivity contribution in [1.29, 1.82) is 0 Å². The molecule has 0 saturated carbocycles. The van der Waals surface area contributed by atoms with E-state index in [1.54, 1.807) is 6.08 Å². The van der Waals surface area contributed by atoms with Gasteiger partial charge in [0.2, 0.25) is 5.91 Å². The first-order valence-electron chi connectivity index (χ1n) is 17.4. The fourth-order valence-electron chi connectivity index (χ4n) is 5.38. The van der Waals surface area contributed by atoms with E-state index in [0.29, 0.717) is 6.42 Å². The van der Waals surface area contributed by atoms with E-state index in [9.17, 15) is 20.1 Å². The summed E-state index contributed by atoms with van der Waals surface area (Å²) in [6.45, 7) is 6.47. The minimum Gasteiger partial charge on any atom is -0.394 e. The van der Waals surface area contributed by atoms with Gasteiger partial charge in [0.25, 0.3) is 0 Å². The maximum absolute atomic E-state index is 12.4. The lowest BCUT2D eigenvalue weighted by Crippen LogP contribution is -2.48. The predicted molar refractivity (Wildman–Crippen MR) is 171 cm³/mol. The smallest absolute Gasteiger partial charge is 0.249 e. The van der Waals surface area contributed by atoms with Crippen LogP contribution in [0, 0.1) is 5.92 Å². The molecule has 40 heavy (non-hydrogen) atoms. The van der Waals surface area contributed by atoms with Gasteiger partial charge in [-0.3, -0.25) is 4.79 Å². The molecule has 4 atom stereocenters. The predicted octanol–water partition coefficient (Wildman–Crippen LogP) is 8.78. The first-order chi connectivity index (χ1) is 19.5. The first kappa shape index (κ1) is 39.1. The maximum atomic E-state index is 12.4. The van der Waals surface area contributed by atoms with Gasteiger partial charge in [-0.05, 0) is 25.2 Å². The van der Waals surface area contributed by atoms with E-state index in [2.05, 4.69) is 26.1 Å². The highest BCUT2D eigenvalue weighted by atomic mass is 16.3. The molecule has 238 valence electrons. The lowest BCUT2D eigenvalue weighted by atomic mass is 9.96. The van der Waals surface area contributed by atoms with E-state index < -0.39 is 24.2 Å². The van der Waals surface area contributed by atoms with E-state index in [-0.39, 0.29) is 6.61 Å². The van der Waals surface area contributed by atoms with E-state index in [1.807, 2.05) is 6.08 Å². The number of aliphatic hydroxyl groups excluding tert-OH is 3. The molecule has 0 spiro atoms. The molecule has 5 nitrogen and oxygen atoms in total. The van der Waals surface area contributed by atoms with Crippen molar-refractivity contribution in [2.24, 2.45) is 5.92 Å². The molecule has 0 aliphatic carbocycles. The molecule has 1 amide bonds. The van der Waals surface area contributed by atoms with Crippen molar-refractivity contribution in [2.75, 3.05) is 6.61 Å². The van der Waals surface area contributed by atoms with Crippen LogP contribution in [0.1, 0.15) is 175 Å². The molecule has 0 bridgehead atoms. The van der Waals surface area contributed by atoms with Gasteiger partial charge in [-0.1, -0.05) is 168 Å². The summed E-state index contributed by atoms with van der Waals surface area (Å²) in [5, 5.41) is 32.9. The number of carbonyl (C=O) groups is 1. The zero-order chi connectivity index (χ0) is 29.7. The van der Waals surface area contributed by atoms with Crippen molar-refractivity contribution in [2.45, 2.75) is 193 Å². The van der Waals surface area contributed by atoms with Crippen LogP contribution in [0.25, 0.3) is 0 Å². The first-order valence-corrected chi connectivity index (χ1v) is 17.4. The molecule has 2 unspecified atom stereocenters. The van der Waals surface area contributed by atoms with Crippen LogP contribution >= 0.6 is 0 Å². The molecule has 0 aromatic carbocycles. The molecule has 4 N–H and O–H groups in total. The van der Waals surface area contributed by atoms with Crippen LogP contribution in [0.5, 0.6) is 0 Å². The second-order valence-corrected chi connectivity index (χ2v) is 12.4. The molecule has 0 aliphatic heterocycles. The number of hydrogen-bond donors (Lipinski definition) is 4. The van der Waals surface area contributed by atoms with Crippen molar-refractivity contribution < 1.29 is 20.1 Å². The third-order valence-electron chi connectivity index (χ3n) is 8.27. The van der Waals surface area contributed by atoms with E-state index in [0.717, 1.165) is 38.0 Å². The minimum atomic E-state index is -1.09. The molecule has 0 rings (SSSR count). The summed E-state index contributed by atoms with van der Waals surface area (Å²) in [6.07, 6.45) is 30.8. The van der Waals surface area contributed by atoms with Gasteiger partial charge in [0.15, 0.2) is 0 Å². The number of aliphatic hydroxyl groups is 3. The zero-order valence-corrected chi connectivity index (χ0v) is 26.9. The number of nitrogens with one attached hydrogen (secondary N) is 1. The molecule has 5 heteroatoms. The Bertz CT molecular complexity index is 568. The van der Waals surface area contributed by atoms with Gasteiger partial charge in [-0.15, -0.1) is 0 Å². The summed E-state index contributed by atoms with van der Waals surface area (Å²) in [5.41, 5.74) is 0. The molecular weight excluding hydrogens is 498 g/mol. The molecule has 0 radical (unpaired) electrons. The summed E-state index contributed by atoms with van der Waals surface area (Å²) in [4.78, 5) is 12.4. The van der Waals surface area contributed by atoms with Crippen LogP contribution in [0.3, 0.4) is 0 Å². The summed E-state index contributed by atoms with van der Waals surface area (Å²) in [5.74, 6) is 0.221. The summed E-state index contributed by atoms with van der Waals surface area (Å²) in [6, 6.07) is -0.795. The van der Waals surface area contributed by atoms with Gasteiger partial charge < -0.3 is 20.6 Å². The van der Waals surface area contributed by atoms with Gasteiger partial charge in [0.05, 0.1) is 18.8 Å². The second-order valence-electron chi connectivity index (χ2n) is 12.4. The third-order valence-corrected chi connectivity index (χ3v) is 8.27. The lowest BCUT2D eigenvalue weighted by molar-refractivity contribution is -0.131. The van der Waals surface area contributed by atoms with Gasteiger partial charge in [0, 0.05) is 0 Å². The number of unbranched alkanes of at least 4 members (excludes halogenated alkanes) is 18. The largest absolute Gasteiger partial charge is 0.394 e. The molecule has 0 aromatic heterocycles. The van der Waals surface area contributed by atoms with E-state index in [4.69, 9.17) is 0 Å². The Morgan fingerprint density at radius 2 is 1.07 bits per heavy atom. The molecule has 0 aromatic rings. The Morgan fingerprint density at radius 3 is 1.55 bits per heavy atom. The molecule has 0 aliphatic rings. The van der Waals surface area contributed by atoms with Crippen LogP contribution in [0.2, 0.25) is 0 Å². The third kappa shape index (κ3) is 24.9. The van der Waals surface area contributed by atoms with Crippen molar-refractivity contribution in [3.63, 3.8) is 0 Å². The topological polar surface area (TPSA) is 89.8 Å². The van der Waals surface area contributed by atoms with Crippen LogP contribution in [0.4, 0.5) is 0 Å². The van der Waals surface area contributed by atoms with E-state index >= 15 is 0 Å². The normalized spacial score (nSPS) is 14.8. The fraction of sp³-hybridized carbons (Fsp3) is 0.914. The van der Waals surface area contributed by atoms with Crippen LogP contribution in [-0.4, -0.2) is 46.1 Å². The van der Waals surface area contributed by atoms with E-state index in [1.165, 1.54) is 116 Å². The Hall–Kier alpha value is -0.910. The average molecular weight is 568 g/mol. The SMILES string of the molecule is CCCCCCCCCCCCCCC(O)C(=O)N[C@@H](CO)[C@H](O)/C=C/CCCC(C)CCCCCCCCC. The zero-order valence-electron chi connectivity index (χ0n) is 26.9. The average Bonchev–Trinajstić information content (AvgIpc) is 2.95. The summed E-state index contributed by atoms with van der Waals surface area (Å²) >= 11 is 0. The number of amides is 1. The summed E-state index contributed by atoms with van der Waals surface area (Å²) < 4.78 is 0. The quantitative estimate of drug-likeness (QED) is 0.0516. The number of hydrogen-bond acceptors (Lipinski definition) is 4. The highest BCUT2D eigenvalue weighted by Gasteiger charge is 2.22. The van der Waals surface area contributed by atoms with Gasteiger partial charge >= 0.3 is 0 Å². The number of allylic oxidation sites excluding steroid dienone is 1. The van der Waals surface area contributed by atoms with Gasteiger partial charge in [-0.25, -0.2) is 0 Å². The van der Waals surface area contributed by atoms with Crippen molar-refractivity contribution in [3.8, 4) is 0 Å². The lowest BCUT2D eigenvalue weighted by Gasteiger charge is -2.21. The van der Waals surface area contributed by atoms with Crippen LogP contribution in [-0.2, 0) is 4.79 Å². The Balaban J connectivity index is 3.88. The monoisotopic (exact) mass is 568 g/mol. The van der Waals surface area contributed by atoms with Crippen LogP contribution in [0.15, 0.2) is 12.2 Å². The highest BCUT2D eigenvalue weighted by molar-refractivity contribution is 5.80. The molecule has 0 fully saturated rings. The summed E-state index contributed by atoms with van der Waals surface area (Å²) in [7, 11) is 0. The van der Waals surface area contributed by atoms with Crippen molar-refractivity contribution in [1.82, 2.24) is 5.32 Å². The van der Waals surface area contributed by atoms with Crippen molar-refractivity contribution >= 4 is 5.91 Å². The van der Waals surface area contributed by atoms with Crippen molar-refractivity contribution in [3.05, 3.63) is 12.2 Å². The van der Waals surface area contributed by atoms with Gasteiger partial charge in [0.1, 0.15) is 6.10 Å². The van der Waals surface area contributed by atoms with Crippen LogP contribution < -0.4 is 5.32 Å². The Morgan fingerprint density at radius 1 is 0.650 bits per heavy atom. The Kier molecular flexibility index (Phi) is 28.9. The fourth-order valence-corrected chi connectivity index (χ4v) is 5.38. The second kappa shape index (κ2) is 29.6. The van der Waals surface area contributed by atoms with Gasteiger partial charge in [-0.2, -0.15) is 0 Å². The Labute approximate surface area is 249 Å². The molecule has 0 heterocycles.